The second-order valence-corrected chi connectivity index (χ2v) is 6.33. The fourth-order valence-corrected chi connectivity index (χ4v) is 2.12. The van der Waals surface area contributed by atoms with Crippen LogP contribution < -0.4 is 5.32 Å². The largest absolute Gasteiger partial charge is 0.313 e. The molecule has 0 aliphatic carbocycles. The van der Waals surface area contributed by atoms with Crippen molar-refractivity contribution in [3.05, 3.63) is 48.0 Å². The zero-order valence-corrected chi connectivity index (χ0v) is 13.6. The summed E-state index contributed by atoms with van der Waals surface area (Å²) in [5, 5.41) is 3.43. The SMILES string of the molecule is C=CCN(Cc1ccc(CNCCC)cc1)C(C)(C)C. The van der Waals surface area contributed by atoms with Crippen molar-refractivity contribution in [3.8, 4) is 0 Å². The van der Waals surface area contributed by atoms with Crippen LogP contribution >= 0.6 is 0 Å². The molecular formula is C18H30N2. The predicted molar refractivity (Wildman–Crippen MR) is 88.8 cm³/mol. The molecule has 0 amide bonds. The van der Waals surface area contributed by atoms with Gasteiger partial charge in [-0.25, -0.2) is 0 Å². The number of hydrogen-bond donors (Lipinski definition) is 1. The van der Waals surface area contributed by atoms with Crippen LogP contribution in [0.2, 0.25) is 0 Å². The number of benzene rings is 1. The maximum Gasteiger partial charge on any atom is 0.0242 e. The Hall–Kier alpha value is -1.12. The summed E-state index contributed by atoms with van der Waals surface area (Å²) in [6.07, 6.45) is 3.16. The summed E-state index contributed by atoms with van der Waals surface area (Å²) < 4.78 is 0. The molecule has 2 nitrogen and oxygen atoms in total. The van der Waals surface area contributed by atoms with Gasteiger partial charge in [0.05, 0.1) is 0 Å². The van der Waals surface area contributed by atoms with E-state index in [4.69, 9.17) is 0 Å². The quantitative estimate of drug-likeness (QED) is 0.570. The van der Waals surface area contributed by atoms with Crippen molar-refractivity contribution >= 4 is 0 Å². The van der Waals surface area contributed by atoms with Gasteiger partial charge in [-0.05, 0) is 44.9 Å². The Morgan fingerprint density at radius 2 is 1.75 bits per heavy atom. The van der Waals surface area contributed by atoms with Crippen molar-refractivity contribution in [3.63, 3.8) is 0 Å². The van der Waals surface area contributed by atoms with E-state index < -0.39 is 0 Å². The van der Waals surface area contributed by atoms with Gasteiger partial charge in [-0.1, -0.05) is 37.3 Å². The third kappa shape index (κ3) is 5.89. The van der Waals surface area contributed by atoms with Crippen LogP contribution in [0.1, 0.15) is 45.2 Å². The molecule has 0 unspecified atom stereocenters. The number of nitrogens with one attached hydrogen (secondary N) is 1. The van der Waals surface area contributed by atoms with Crippen LogP contribution in [0.25, 0.3) is 0 Å². The molecule has 0 saturated heterocycles. The van der Waals surface area contributed by atoms with Crippen molar-refractivity contribution in [1.29, 1.82) is 0 Å². The second-order valence-electron chi connectivity index (χ2n) is 6.33. The summed E-state index contributed by atoms with van der Waals surface area (Å²) in [4.78, 5) is 2.43. The fourth-order valence-electron chi connectivity index (χ4n) is 2.12. The van der Waals surface area contributed by atoms with Gasteiger partial charge in [0.25, 0.3) is 0 Å². The Labute approximate surface area is 124 Å². The molecule has 1 N–H and O–H groups in total. The number of nitrogens with zero attached hydrogens (tertiary/aromatic N) is 1. The molecule has 0 atom stereocenters. The van der Waals surface area contributed by atoms with Crippen LogP contribution in [0.5, 0.6) is 0 Å². The highest BCUT2D eigenvalue weighted by Crippen LogP contribution is 2.17. The Morgan fingerprint density at radius 3 is 2.25 bits per heavy atom. The average molecular weight is 274 g/mol. The molecule has 0 spiro atoms. The van der Waals surface area contributed by atoms with Gasteiger partial charge in [-0.2, -0.15) is 0 Å². The molecule has 1 aromatic carbocycles. The highest BCUT2D eigenvalue weighted by Gasteiger charge is 2.19. The van der Waals surface area contributed by atoms with Gasteiger partial charge in [-0.3, -0.25) is 4.90 Å². The van der Waals surface area contributed by atoms with Gasteiger partial charge in [0, 0.05) is 25.2 Å². The van der Waals surface area contributed by atoms with Gasteiger partial charge >= 0.3 is 0 Å². The standard InChI is InChI=1S/C18H30N2/c1-6-12-19-14-16-8-10-17(11-9-16)15-20(13-7-2)18(3,4)5/h7-11,19H,2,6,12-15H2,1,3-5H3. The lowest BCUT2D eigenvalue weighted by Gasteiger charge is -2.34. The van der Waals surface area contributed by atoms with Crippen LogP contribution in [0.15, 0.2) is 36.9 Å². The Kier molecular flexibility index (Phi) is 6.97. The first kappa shape index (κ1) is 16.9. The third-order valence-electron chi connectivity index (χ3n) is 3.45. The van der Waals surface area contributed by atoms with Gasteiger partial charge < -0.3 is 5.32 Å². The Bertz CT molecular complexity index is 387. The highest BCUT2D eigenvalue weighted by atomic mass is 15.2. The molecule has 1 aromatic rings. The normalized spacial score (nSPS) is 11.8. The first-order chi connectivity index (χ1) is 9.47. The van der Waals surface area contributed by atoms with E-state index in [9.17, 15) is 0 Å². The molecule has 1 rings (SSSR count). The number of hydrogen-bond acceptors (Lipinski definition) is 2. The molecule has 0 aromatic heterocycles. The van der Waals surface area contributed by atoms with Crippen LogP contribution in [0.3, 0.4) is 0 Å². The van der Waals surface area contributed by atoms with E-state index in [0.717, 1.165) is 26.2 Å². The molecule has 20 heavy (non-hydrogen) atoms. The van der Waals surface area contributed by atoms with Gasteiger partial charge in [0.2, 0.25) is 0 Å². The molecule has 0 radical (unpaired) electrons. The molecule has 0 fully saturated rings. The van der Waals surface area contributed by atoms with Gasteiger partial charge in [0.15, 0.2) is 0 Å². The van der Waals surface area contributed by atoms with Crippen molar-refractivity contribution in [2.75, 3.05) is 13.1 Å². The van der Waals surface area contributed by atoms with Crippen LogP contribution in [0, 0.1) is 0 Å². The van der Waals surface area contributed by atoms with Gasteiger partial charge in [0.1, 0.15) is 0 Å². The van der Waals surface area contributed by atoms with Crippen molar-refractivity contribution in [2.45, 2.75) is 52.7 Å². The molecule has 0 bridgehead atoms. The molecule has 0 aliphatic heterocycles. The van der Waals surface area contributed by atoms with E-state index in [1.54, 1.807) is 0 Å². The lowest BCUT2D eigenvalue weighted by Crippen LogP contribution is -2.40. The predicted octanol–water partition coefficient (Wildman–Crippen LogP) is 3.97. The third-order valence-corrected chi connectivity index (χ3v) is 3.45. The van der Waals surface area contributed by atoms with E-state index in [1.807, 2.05) is 6.08 Å². The molecule has 0 saturated carbocycles. The van der Waals surface area contributed by atoms with Crippen molar-refractivity contribution in [1.82, 2.24) is 10.2 Å². The summed E-state index contributed by atoms with van der Waals surface area (Å²) in [5.74, 6) is 0. The molecule has 0 aliphatic rings. The van der Waals surface area contributed by atoms with E-state index >= 15 is 0 Å². The van der Waals surface area contributed by atoms with E-state index in [1.165, 1.54) is 17.5 Å². The maximum atomic E-state index is 3.86. The first-order valence-corrected chi connectivity index (χ1v) is 7.62. The topological polar surface area (TPSA) is 15.3 Å². The van der Waals surface area contributed by atoms with Gasteiger partial charge in [-0.15, -0.1) is 6.58 Å². The zero-order chi connectivity index (χ0) is 15.0. The smallest absolute Gasteiger partial charge is 0.0242 e. The summed E-state index contributed by atoms with van der Waals surface area (Å²) in [5.41, 5.74) is 2.88. The van der Waals surface area contributed by atoms with E-state index in [-0.39, 0.29) is 5.54 Å². The molecule has 2 heteroatoms. The summed E-state index contributed by atoms with van der Waals surface area (Å²) in [7, 11) is 0. The number of rotatable bonds is 8. The first-order valence-electron chi connectivity index (χ1n) is 7.62. The molecule has 0 heterocycles. The minimum atomic E-state index is 0.162. The van der Waals surface area contributed by atoms with Crippen molar-refractivity contribution < 1.29 is 0 Å². The van der Waals surface area contributed by atoms with E-state index in [0.29, 0.717) is 0 Å². The van der Waals surface area contributed by atoms with Crippen LogP contribution in [-0.4, -0.2) is 23.5 Å². The minimum absolute atomic E-state index is 0.162. The lowest BCUT2D eigenvalue weighted by molar-refractivity contribution is 0.145. The van der Waals surface area contributed by atoms with Crippen molar-refractivity contribution in [2.24, 2.45) is 0 Å². The Balaban J connectivity index is 2.61. The lowest BCUT2D eigenvalue weighted by atomic mass is 10.0. The summed E-state index contributed by atoms with van der Waals surface area (Å²) in [6.45, 7) is 16.7. The zero-order valence-electron chi connectivity index (χ0n) is 13.6. The van der Waals surface area contributed by atoms with E-state index in [2.05, 4.69) is 68.8 Å². The summed E-state index contributed by atoms with van der Waals surface area (Å²) >= 11 is 0. The fraction of sp³-hybridized carbons (Fsp3) is 0.556. The monoisotopic (exact) mass is 274 g/mol. The minimum Gasteiger partial charge on any atom is -0.313 e. The Morgan fingerprint density at radius 1 is 1.15 bits per heavy atom. The maximum absolute atomic E-state index is 3.86. The summed E-state index contributed by atoms with van der Waals surface area (Å²) in [6, 6.07) is 8.94. The van der Waals surface area contributed by atoms with Crippen LogP contribution in [0.4, 0.5) is 0 Å². The molecular weight excluding hydrogens is 244 g/mol. The highest BCUT2D eigenvalue weighted by molar-refractivity contribution is 5.22. The van der Waals surface area contributed by atoms with Crippen LogP contribution in [-0.2, 0) is 13.1 Å². The molecule has 112 valence electrons. The average Bonchev–Trinajstić information content (AvgIpc) is 2.39. The second kappa shape index (κ2) is 8.23.